The number of carboxylic acid groups (broad SMARTS) is 1. The van der Waals surface area contributed by atoms with Crippen LogP contribution >= 0.6 is 11.3 Å². The van der Waals surface area contributed by atoms with E-state index in [0.29, 0.717) is 36.1 Å². The van der Waals surface area contributed by atoms with Crippen molar-refractivity contribution in [2.24, 2.45) is 0 Å². The van der Waals surface area contributed by atoms with E-state index in [9.17, 15) is 14.4 Å². The molecule has 1 unspecified atom stereocenters. The highest BCUT2D eigenvalue weighted by molar-refractivity contribution is 7.17. The molecule has 0 radical (unpaired) electrons. The Morgan fingerprint density at radius 1 is 1.13 bits per heavy atom. The third kappa shape index (κ3) is 5.47. The molecule has 0 aliphatic carbocycles. The second-order valence-corrected chi connectivity index (χ2v) is 9.42. The minimum atomic E-state index is -1.14. The van der Waals surface area contributed by atoms with Crippen molar-refractivity contribution in [1.82, 2.24) is 20.1 Å². The summed E-state index contributed by atoms with van der Waals surface area (Å²) < 4.78 is 17.4. The maximum atomic E-state index is 13.0. The molecule has 1 aliphatic heterocycles. The van der Waals surface area contributed by atoms with Gasteiger partial charge in [0.2, 0.25) is 11.8 Å². The van der Waals surface area contributed by atoms with E-state index in [0.717, 1.165) is 17.5 Å². The molecular formula is C25H21N5O7S. The number of aromatic nitrogens is 3. The molecule has 2 N–H and O–H groups in total. The molecule has 0 saturated carbocycles. The first kappa shape index (κ1) is 24.9. The average Bonchev–Trinajstić information content (AvgIpc) is 3.62. The van der Waals surface area contributed by atoms with Crippen molar-refractivity contribution in [3.8, 4) is 28.7 Å². The lowest BCUT2D eigenvalue weighted by Crippen LogP contribution is -2.29. The van der Waals surface area contributed by atoms with Crippen LogP contribution in [0.3, 0.4) is 0 Å². The number of nitrogens with one attached hydrogen (secondary N) is 1. The summed E-state index contributed by atoms with van der Waals surface area (Å²) in [6, 6.07) is 11.5. The van der Waals surface area contributed by atoms with Gasteiger partial charge in [-0.15, -0.1) is 10.2 Å². The van der Waals surface area contributed by atoms with Crippen molar-refractivity contribution in [3.05, 3.63) is 65.0 Å². The second kappa shape index (κ2) is 10.3. The summed E-state index contributed by atoms with van der Waals surface area (Å²) in [6.45, 7) is 2.27. The van der Waals surface area contributed by atoms with Gasteiger partial charge in [-0.2, -0.15) is 0 Å². The largest absolute Gasteiger partial charge is 0.480 e. The van der Waals surface area contributed by atoms with Gasteiger partial charge in [0.05, 0.1) is 6.20 Å². The Bertz CT molecular complexity index is 1510. The summed E-state index contributed by atoms with van der Waals surface area (Å²) >= 11 is 0.830. The average molecular weight is 536 g/mol. The number of ether oxygens (including phenoxy) is 2. The first-order valence-electron chi connectivity index (χ1n) is 11.4. The number of amides is 2. The normalized spacial score (nSPS) is 14.9. The van der Waals surface area contributed by atoms with Crippen LogP contribution in [0, 0.1) is 6.92 Å². The van der Waals surface area contributed by atoms with Crippen LogP contribution in [0.15, 0.2) is 53.1 Å². The number of carboxylic acids is 1. The van der Waals surface area contributed by atoms with E-state index >= 15 is 0 Å². The van der Waals surface area contributed by atoms with Crippen LogP contribution in [-0.4, -0.2) is 62.7 Å². The molecule has 12 nitrogen and oxygen atoms in total. The molecule has 1 atom stereocenters. The third-order valence-corrected chi connectivity index (χ3v) is 6.50. The Hall–Kier alpha value is -4.78. The van der Waals surface area contributed by atoms with Gasteiger partial charge in [0.1, 0.15) is 22.1 Å². The number of hydrogen-bond donors (Lipinski definition) is 2. The van der Waals surface area contributed by atoms with E-state index in [1.165, 1.54) is 12.1 Å². The molecule has 1 saturated heterocycles. The number of aromatic carboxylic acids is 1. The van der Waals surface area contributed by atoms with Gasteiger partial charge in [-0.3, -0.25) is 14.9 Å². The number of thiazole rings is 1. The van der Waals surface area contributed by atoms with Gasteiger partial charge in [-0.1, -0.05) is 11.3 Å². The molecule has 0 spiro atoms. The van der Waals surface area contributed by atoms with Gasteiger partial charge in [0.25, 0.3) is 11.8 Å². The first-order chi connectivity index (χ1) is 18.2. The molecule has 194 valence electrons. The predicted octanol–water partition coefficient (Wildman–Crippen LogP) is 3.85. The van der Waals surface area contributed by atoms with Crippen LogP contribution in [0.2, 0.25) is 0 Å². The van der Waals surface area contributed by atoms with E-state index in [1.54, 1.807) is 49.2 Å². The summed E-state index contributed by atoms with van der Waals surface area (Å²) in [5.41, 5.74) is 0.879. The van der Waals surface area contributed by atoms with Crippen LogP contribution in [0.1, 0.15) is 32.3 Å². The SMILES string of the molecule is Cc1nnc(-c2ccc(Oc3cc(OC4CCN(C)C4=O)cc(C(=O)Nc4ncc(C(=O)O)s4)c3)cc2)o1. The zero-order valence-corrected chi connectivity index (χ0v) is 21.0. The fourth-order valence-electron chi connectivity index (χ4n) is 3.71. The number of nitrogens with zero attached hydrogens (tertiary/aromatic N) is 4. The quantitative estimate of drug-likeness (QED) is 0.339. The molecule has 1 aliphatic rings. The van der Waals surface area contributed by atoms with Crippen LogP contribution in [0.4, 0.5) is 5.13 Å². The monoisotopic (exact) mass is 535 g/mol. The van der Waals surface area contributed by atoms with Crippen molar-refractivity contribution in [1.29, 1.82) is 0 Å². The second-order valence-electron chi connectivity index (χ2n) is 8.39. The highest BCUT2D eigenvalue weighted by atomic mass is 32.1. The highest BCUT2D eigenvalue weighted by Gasteiger charge is 2.31. The zero-order chi connectivity index (χ0) is 26.8. The number of aryl methyl sites for hydroxylation is 1. The Balaban J connectivity index is 1.40. The molecule has 3 heterocycles. The lowest BCUT2D eigenvalue weighted by Gasteiger charge is -2.15. The fraction of sp³-hybridized carbons (Fsp3) is 0.200. The summed E-state index contributed by atoms with van der Waals surface area (Å²) in [7, 11) is 1.70. The number of carbonyl (C=O) groups excluding carboxylic acids is 2. The van der Waals surface area contributed by atoms with Crippen LogP contribution < -0.4 is 14.8 Å². The van der Waals surface area contributed by atoms with Crippen molar-refractivity contribution in [3.63, 3.8) is 0 Å². The van der Waals surface area contributed by atoms with Crippen molar-refractivity contribution in [2.75, 3.05) is 18.9 Å². The van der Waals surface area contributed by atoms with Crippen molar-refractivity contribution >= 4 is 34.3 Å². The minimum absolute atomic E-state index is 0.00981. The van der Waals surface area contributed by atoms with Crippen molar-refractivity contribution in [2.45, 2.75) is 19.4 Å². The summed E-state index contributed by atoms with van der Waals surface area (Å²) in [4.78, 5) is 42.0. The van der Waals surface area contributed by atoms with E-state index in [2.05, 4.69) is 20.5 Å². The molecule has 13 heteroatoms. The summed E-state index contributed by atoms with van der Waals surface area (Å²) in [5, 5.41) is 19.6. The number of rotatable bonds is 8. The van der Waals surface area contributed by atoms with Gasteiger partial charge in [0, 0.05) is 44.1 Å². The van der Waals surface area contributed by atoms with Gasteiger partial charge in [-0.05, 0) is 36.4 Å². The molecular weight excluding hydrogens is 514 g/mol. The van der Waals surface area contributed by atoms with Gasteiger partial charge in [0.15, 0.2) is 11.2 Å². The maximum Gasteiger partial charge on any atom is 0.347 e. The number of carbonyl (C=O) groups is 3. The van der Waals surface area contributed by atoms with Crippen LogP contribution in [0.25, 0.3) is 11.5 Å². The van der Waals surface area contributed by atoms with E-state index in [1.807, 2.05) is 0 Å². The van der Waals surface area contributed by atoms with Crippen LogP contribution in [-0.2, 0) is 4.79 Å². The number of hydrogen-bond acceptors (Lipinski definition) is 10. The van der Waals surface area contributed by atoms with E-state index in [4.69, 9.17) is 19.0 Å². The Morgan fingerprint density at radius 3 is 2.53 bits per heavy atom. The molecule has 2 amide bonds. The zero-order valence-electron chi connectivity index (χ0n) is 20.2. The molecule has 0 bridgehead atoms. The van der Waals surface area contributed by atoms with Crippen molar-refractivity contribution < 1.29 is 33.4 Å². The topological polar surface area (TPSA) is 157 Å². The smallest absolute Gasteiger partial charge is 0.347 e. The highest BCUT2D eigenvalue weighted by Crippen LogP contribution is 2.31. The molecule has 1 fully saturated rings. The van der Waals surface area contributed by atoms with E-state index < -0.39 is 18.0 Å². The molecule has 2 aromatic heterocycles. The minimum Gasteiger partial charge on any atom is -0.480 e. The standard InChI is InChI=1S/C25H21N5O7S/c1-13-28-29-22(35-13)14-3-5-16(6-4-14)36-17-9-15(21(31)27-25-26-12-20(38-25)24(33)34)10-18(11-17)37-19-7-8-30(2)23(19)32/h3-6,9-12,19H,7-8H2,1-2H3,(H,33,34)(H,26,27,31). The third-order valence-electron chi connectivity index (χ3n) is 5.60. The maximum absolute atomic E-state index is 13.0. The number of likely N-dealkylation sites (N-methyl/N-ethyl adjacent to an activating group) is 1. The van der Waals surface area contributed by atoms with Gasteiger partial charge < -0.3 is 23.9 Å². The number of benzene rings is 2. The summed E-state index contributed by atoms with van der Waals surface area (Å²) in [6.07, 6.45) is 0.994. The first-order valence-corrected chi connectivity index (χ1v) is 12.2. The lowest BCUT2D eigenvalue weighted by atomic mass is 10.1. The molecule has 4 aromatic rings. The predicted molar refractivity (Wildman–Crippen MR) is 135 cm³/mol. The van der Waals surface area contributed by atoms with Crippen LogP contribution in [0.5, 0.6) is 17.2 Å². The Kier molecular flexibility index (Phi) is 6.75. The molecule has 5 rings (SSSR count). The fourth-order valence-corrected chi connectivity index (χ4v) is 4.36. The van der Waals surface area contributed by atoms with Gasteiger partial charge >= 0.3 is 5.97 Å². The Labute approximate surface area is 219 Å². The number of likely N-dealkylation sites (tertiary alicyclic amines) is 1. The summed E-state index contributed by atoms with van der Waals surface area (Å²) in [5.74, 6) is 0.0101. The van der Waals surface area contributed by atoms with Gasteiger partial charge in [-0.25, -0.2) is 9.78 Å². The molecule has 38 heavy (non-hydrogen) atoms. The molecule has 2 aromatic carbocycles. The Morgan fingerprint density at radius 2 is 1.89 bits per heavy atom. The lowest BCUT2D eigenvalue weighted by molar-refractivity contribution is -0.132. The number of anilines is 1. The van der Waals surface area contributed by atoms with E-state index in [-0.39, 0.29) is 33.0 Å².